The average Bonchev–Trinajstić information content (AvgIpc) is 2.70. The first-order valence-electron chi connectivity index (χ1n) is 5.69. The van der Waals surface area contributed by atoms with E-state index in [9.17, 15) is 4.39 Å². The van der Waals surface area contributed by atoms with Crippen LogP contribution >= 0.6 is 0 Å². The first kappa shape index (κ1) is 11.6. The lowest BCUT2D eigenvalue weighted by Gasteiger charge is -2.30. The van der Waals surface area contributed by atoms with Crippen LogP contribution in [0.3, 0.4) is 0 Å². The topological polar surface area (TPSA) is 21.3 Å². The van der Waals surface area contributed by atoms with Crippen molar-refractivity contribution < 1.29 is 9.13 Å². The standard InChI is InChI=1S/C13H18FNO/c1-13(2,15-12-6-7-16-9-12)10-4-3-5-11(14)8-10/h3-5,8,12,15H,6-7,9H2,1-2H3. The van der Waals surface area contributed by atoms with Gasteiger partial charge in [0.25, 0.3) is 0 Å². The van der Waals surface area contributed by atoms with Crippen LogP contribution in [0.2, 0.25) is 0 Å². The second-order valence-electron chi connectivity index (χ2n) is 4.84. The zero-order chi connectivity index (χ0) is 11.6. The zero-order valence-electron chi connectivity index (χ0n) is 9.79. The molecule has 3 heteroatoms. The predicted molar refractivity (Wildman–Crippen MR) is 61.8 cm³/mol. The molecule has 88 valence electrons. The Kier molecular flexibility index (Phi) is 3.26. The first-order valence-corrected chi connectivity index (χ1v) is 5.69. The van der Waals surface area contributed by atoms with Crippen molar-refractivity contribution in [3.05, 3.63) is 35.6 Å². The molecule has 1 fully saturated rings. The Morgan fingerprint density at radius 1 is 1.44 bits per heavy atom. The highest BCUT2D eigenvalue weighted by molar-refractivity contribution is 5.23. The molecule has 0 amide bonds. The molecular weight excluding hydrogens is 205 g/mol. The van der Waals surface area contributed by atoms with Crippen molar-refractivity contribution >= 4 is 0 Å². The van der Waals surface area contributed by atoms with E-state index >= 15 is 0 Å². The third-order valence-corrected chi connectivity index (χ3v) is 3.04. The second-order valence-corrected chi connectivity index (χ2v) is 4.84. The van der Waals surface area contributed by atoms with E-state index in [2.05, 4.69) is 19.2 Å². The summed E-state index contributed by atoms with van der Waals surface area (Å²) < 4.78 is 18.5. The molecule has 0 spiro atoms. The normalized spacial score (nSPS) is 21.3. The Hall–Kier alpha value is -0.930. The van der Waals surface area contributed by atoms with Crippen LogP contribution in [-0.2, 0) is 10.3 Å². The fourth-order valence-electron chi connectivity index (χ4n) is 2.12. The molecule has 1 aromatic rings. The summed E-state index contributed by atoms with van der Waals surface area (Å²) in [6.45, 7) is 5.70. The molecule has 1 aliphatic heterocycles. The van der Waals surface area contributed by atoms with Crippen LogP contribution in [-0.4, -0.2) is 19.3 Å². The SMILES string of the molecule is CC(C)(NC1CCOC1)c1cccc(F)c1. The Balaban J connectivity index is 2.10. The number of nitrogens with one attached hydrogen (secondary N) is 1. The predicted octanol–water partition coefficient (Wildman–Crippen LogP) is 2.44. The van der Waals surface area contributed by atoms with Gasteiger partial charge in [-0.2, -0.15) is 0 Å². The summed E-state index contributed by atoms with van der Waals surface area (Å²) in [5.74, 6) is -0.185. The second kappa shape index (κ2) is 4.52. The summed E-state index contributed by atoms with van der Waals surface area (Å²) in [5, 5.41) is 3.51. The Morgan fingerprint density at radius 3 is 2.88 bits per heavy atom. The van der Waals surface area contributed by atoms with Crippen molar-refractivity contribution in [2.24, 2.45) is 0 Å². The molecule has 0 aliphatic carbocycles. The monoisotopic (exact) mass is 223 g/mol. The molecule has 0 saturated carbocycles. The summed E-state index contributed by atoms with van der Waals surface area (Å²) in [6.07, 6.45) is 1.03. The van der Waals surface area contributed by atoms with Crippen LogP contribution in [0.15, 0.2) is 24.3 Å². The smallest absolute Gasteiger partial charge is 0.123 e. The van der Waals surface area contributed by atoms with Crippen molar-refractivity contribution in [2.75, 3.05) is 13.2 Å². The first-order chi connectivity index (χ1) is 7.58. The molecule has 1 saturated heterocycles. The Labute approximate surface area is 95.8 Å². The molecule has 1 aliphatic rings. The van der Waals surface area contributed by atoms with Gasteiger partial charge < -0.3 is 10.1 Å². The van der Waals surface area contributed by atoms with Crippen LogP contribution in [0, 0.1) is 5.82 Å². The maximum absolute atomic E-state index is 13.2. The zero-order valence-corrected chi connectivity index (χ0v) is 9.79. The van der Waals surface area contributed by atoms with Gasteiger partial charge in [0.2, 0.25) is 0 Å². The van der Waals surface area contributed by atoms with E-state index in [1.54, 1.807) is 12.1 Å². The number of hydrogen-bond donors (Lipinski definition) is 1. The van der Waals surface area contributed by atoms with Gasteiger partial charge in [0.1, 0.15) is 5.82 Å². The maximum Gasteiger partial charge on any atom is 0.123 e. The van der Waals surface area contributed by atoms with Crippen LogP contribution in [0.5, 0.6) is 0 Å². The van der Waals surface area contributed by atoms with Crippen LogP contribution in [0.25, 0.3) is 0 Å². The molecule has 1 unspecified atom stereocenters. The third-order valence-electron chi connectivity index (χ3n) is 3.04. The van der Waals surface area contributed by atoms with Crippen molar-refractivity contribution in [3.63, 3.8) is 0 Å². The molecule has 1 aromatic carbocycles. The van der Waals surface area contributed by atoms with Gasteiger partial charge in [0.05, 0.1) is 6.61 Å². The van der Waals surface area contributed by atoms with Gasteiger partial charge in [-0.15, -0.1) is 0 Å². The molecular formula is C13H18FNO. The number of benzene rings is 1. The van der Waals surface area contributed by atoms with Gasteiger partial charge >= 0.3 is 0 Å². The van der Waals surface area contributed by atoms with Gasteiger partial charge in [-0.05, 0) is 38.0 Å². The van der Waals surface area contributed by atoms with E-state index in [1.807, 2.05) is 6.07 Å². The van der Waals surface area contributed by atoms with E-state index in [0.29, 0.717) is 6.04 Å². The molecule has 1 heterocycles. The summed E-state index contributed by atoms with van der Waals surface area (Å²) in [7, 11) is 0. The largest absolute Gasteiger partial charge is 0.380 e. The molecule has 1 atom stereocenters. The van der Waals surface area contributed by atoms with Crippen LogP contribution in [0.4, 0.5) is 4.39 Å². The number of hydrogen-bond acceptors (Lipinski definition) is 2. The molecule has 2 nitrogen and oxygen atoms in total. The fraction of sp³-hybridized carbons (Fsp3) is 0.538. The third kappa shape index (κ3) is 2.60. The lowest BCUT2D eigenvalue weighted by Crippen LogP contribution is -2.44. The van der Waals surface area contributed by atoms with Gasteiger partial charge in [-0.3, -0.25) is 0 Å². The highest BCUT2D eigenvalue weighted by atomic mass is 19.1. The fourth-order valence-corrected chi connectivity index (χ4v) is 2.12. The van der Waals surface area contributed by atoms with E-state index in [1.165, 1.54) is 6.07 Å². The highest BCUT2D eigenvalue weighted by Gasteiger charge is 2.26. The summed E-state index contributed by atoms with van der Waals surface area (Å²) in [5.41, 5.74) is 0.750. The lowest BCUT2D eigenvalue weighted by molar-refractivity contribution is 0.183. The quantitative estimate of drug-likeness (QED) is 0.849. The van der Waals surface area contributed by atoms with E-state index < -0.39 is 0 Å². The van der Waals surface area contributed by atoms with Crippen molar-refractivity contribution in [2.45, 2.75) is 31.8 Å². The highest BCUT2D eigenvalue weighted by Crippen LogP contribution is 2.22. The Morgan fingerprint density at radius 2 is 2.25 bits per heavy atom. The molecule has 16 heavy (non-hydrogen) atoms. The minimum Gasteiger partial charge on any atom is -0.380 e. The summed E-state index contributed by atoms with van der Waals surface area (Å²) in [4.78, 5) is 0. The van der Waals surface area contributed by atoms with Crippen molar-refractivity contribution in [1.82, 2.24) is 5.32 Å². The van der Waals surface area contributed by atoms with Gasteiger partial charge in [-0.1, -0.05) is 12.1 Å². The number of rotatable bonds is 3. The molecule has 0 bridgehead atoms. The maximum atomic E-state index is 13.2. The van der Waals surface area contributed by atoms with Crippen LogP contribution < -0.4 is 5.32 Å². The van der Waals surface area contributed by atoms with Crippen molar-refractivity contribution in [1.29, 1.82) is 0 Å². The van der Waals surface area contributed by atoms with E-state index in [-0.39, 0.29) is 11.4 Å². The van der Waals surface area contributed by atoms with E-state index in [0.717, 1.165) is 25.2 Å². The number of ether oxygens (including phenoxy) is 1. The summed E-state index contributed by atoms with van der Waals surface area (Å²) >= 11 is 0. The minimum atomic E-state index is -0.222. The lowest BCUT2D eigenvalue weighted by atomic mass is 9.93. The Bertz CT molecular complexity index is 359. The van der Waals surface area contributed by atoms with Crippen LogP contribution in [0.1, 0.15) is 25.8 Å². The summed E-state index contributed by atoms with van der Waals surface area (Å²) in [6, 6.07) is 7.13. The minimum absolute atomic E-state index is 0.185. The van der Waals surface area contributed by atoms with Gasteiger partial charge in [0, 0.05) is 18.2 Å². The molecule has 1 N–H and O–H groups in total. The van der Waals surface area contributed by atoms with Gasteiger partial charge in [-0.25, -0.2) is 4.39 Å². The van der Waals surface area contributed by atoms with E-state index in [4.69, 9.17) is 4.74 Å². The van der Waals surface area contributed by atoms with Gasteiger partial charge in [0.15, 0.2) is 0 Å². The molecule has 0 radical (unpaired) electrons. The molecule has 0 aromatic heterocycles. The van der Waals surface area contributed by atoms with Crippen molar-refractivity contribution in [3.8, 4) is 0 Å². The average molecular weight is 223 g/mol. The number of halogens is 1. The molecule has 2 rings (SSSR count).